The van der Waals surface area contributed by atoms with Gasteiger partial charge in [-0.3, -0.25) is 9.88 Å². The summed E-state index contributed by atoms with van der Waals surface area (Å²) in [6.45, 7) is 8.95. The third kappa shape index (κ3) is 5.44. The molecule has 0 atom stereocenters. The standard InChI is InChI=1S/C36H37F2N7O/c1-4-9-24-18-39-28(42-31(24)22(2)3)20-41-34-26-19-40-32(25-12-5-10-23-11-6-13-27(37)29(23)25)30(38)33(26)43-35(44-34)46-21-36-14-7-16-45(36)17-8-15-36/h4-6,9-13,18-19,22H,7-8,14-17,20-21H2,1-3H3,(H,41,43,44)/b9-4-. The van der Waals surface area contributed by atoms with E-state index in [0.29, 0.717) is 40.0 Å². The van der Waals surface area contributed by atoms with Crippen LogP contribution < -0.4 is 10.1 Å². The molecule has 0 aliphatic carbocycles. The maximum absolute atomic E-state index is 16.6. The molecule has 0 saturated carbocycles. The maximum Gasteiger partial charge on any atom is 0.319 e. The van der Waals surface area contributed by atoms with Gasteiger partial charge in [-0.15, -0.1) is 0 Å². The summed E-state index contributed by atoms with van der Waals surface area (Å²) in [5.41, 5.74) is 2.29. The molecule has 5 aromatic rings. The lowest BCUT2D eigenvalue weighted by Crippen LogP contribution is -2.43. The molecule has 3 aromatic heterocycles. The lowest BCUT2D eigenvalue weighted by molar-refractivity contribution is 0.108. The van der Waals surface area contributed by atoms with Crippen LogP contribution in [-0.4, -0.2) is 55.1 Å². The van der Waals surface area contributed by atoms with Crippen LogP contribution in [0, 0.1) is 11.6 Å². The van der Waals surface area contributed by atoms with Crippen LogP contribution in [-0.2, 0) is 6.54 Å². The zero-order chi connectivity index (χ0) is 31.8. The molecule has 2 fully saturated rings. The molecule has 2 aliphatic rings. The number of ether oxygens (including phenoxy) is 1. The van der Waals surface area contributed by atoms with Gasteiger partial charge in [-0.1, -0.05) is 56.3 Å². The maximum atomic E-state index is 16.6. The van der Waals surface area contributed by atoms with Crippen LogP contribution in [0.1, 0.15) is 69.5 Å². The zero-order valence-corrected chi connectivity index (χ0v) is 26.4. The van der Waals surface area contributed by atoms with Gasteiger partial charge in [-0.2, -0.15) is 9.97 Å². The molecule has 46 heavy (non-hydrogen) atoms. The number of benzene rings is 2. The van der Waals surface area contributed by atoms with Gasteiger partial charge in [0.05, 0.1) is 23.2 Å². The highest BCUT2D eigenvalue weighted by Crippen LogP contribution is 2.40. The average Bonchev–Trinajstić information content (AvgIpc) is 3.64. The number of hydrogen-bond acceptors (Lipinski definition) is 8. The second kappa shape index (κ2) is 12.3. The third-order valence-electron chi connectivity index (χ3n) is 9.26. The molecule has 2 aromatic carbocycles. The predicted octanol–water partition coefficient (Wildman–Crippen LogP) is 7.69. The quantitative estimate of drug-likeness (QED) is 0.179. The minimum Gasteiger partial charge on any atom is -0.461 e. The van der Waals surface area contributed by atoms with Gasteiger partial charge in [-0.05, 0) is 63.1 Å². The number of halogens is 2. The van der Waals surface area contributed by atoms with Gasteiger partial charge in [0.25, 0.3) is 0 Å². The number of nitrogens with one attached hydrogen (secondary N) is 1. The normalized spacial score (nSPS) is 16.2. The summed E-state index contributed by atoms with van der Waals surface area (Å²) in [6, 6.07) is 10.1. The summed E-state index contributed by atoms with van der Waals surface area (Å²) in [7, 11) is 0. The fourth-order valence-corrected chi connectivity index (χ4v) is 7.04. The van der Waals surface area contributed by atoms with Gasteiger partial charge < -0.3 is 10.1 Å². The number of nitrogens with zero attached hydrogens (tertiary/aromatic N) is 6. The molecule has 236 valence electrons. The minimum absolute atomic E-state index is 0.0135. The number of fused-ring (bicyclic) bond motifs is 3. The van der Waals surface area contributed by atoms with Gasteiger partial charge in [0.2, 0.25) is 0 Å². The number of hydrogen-bond donors (Lipinski definition) is 1. The van der Waals surface area contributed by atoms with E-state index in [1.165, 1.54) is 12.3 Å². The first kappa shape index (κ1) is 30.1. The molecule has 0 bridgehead atoms. The van der Waals surface area contributed by atoms with E-state index >= 15 is 8.78 Å². The Morgan fingerprint density at radius 3 is 2.54 bits per heavy atom. The Bertz CT molecular complexity index is 1950. The molecule has 0 unspecified atom stereocenters. The van der Waals surface area contributed by atoms with E-state index in [4.69, 9.17) is 14.7 Å². The zero-order valence-electron chi connectivity index (χ0n) is 26.4. The first-order valence-electron chi connectivity index (χ1n) is 16.0. The highest BCUT2D eigenvalue weighted by Gasteiger charge is 2.45. The number of anilines is 1. The minimum atomic E-state index is -0.667. The van der Waals surface area contributed by atoms with E-state index in [1.54, 1.807) is 30.3 Å². The summed E-state index contributed by atoms with van der Waals surface area (Å²) in [6.07, 6.45) is 11.7. The molecule has 8 nitrogen and oxygen atoms in total. The topological polar surface area (TPSA) is 89.0 Å². The van der Waals surface area contributed by atoms with Gasteiger partial charge >= 0.3 is 6.01 Å². The summed E-state index contributed by atoms with van der Waals surface area (Å²) >= 11 is 0. The highest BCUT2D eigenvalue weighted by molar-refractivity contribution is 5.99. The predicted molar refractivity (Wildman–Crippen MR) is 177 cm³/mol. The van der Waals surface area contributed by atoms with E-state index in [2.05, 4.69) is 39.0 Å². The van der Waals surface area contributed by atoms with Crippen LogP contribution in [0.3, 0.4) is 0 Å². The van der Waals surface area contributed by atoms with Crippen LogP contribution in [0.5, 0.6) is 6.01 Å². The largest absolute Gasteiger partial charge is 0.461 e. The lowest BCUT2D eigenvalue weighted by atomic mass is 9.95. The van der Waals surface area contributed by atoms with Gasteiger partial charge in [-0.25, -0.2) is 18.7 Å². The van der Waals surface area contributed by atoms with Crippen molar-refractivity contribution in [2.24, 2.45) is 0 Å². The Labute approximate surface area is 267 Å². The molecule has 0 radical (unpaired) electrons. The number of allylic oxidation sites excluding steroid dienone is 1. The number of rotatable bonds is 9. The molecule has 7 rings (SSSR count). The van der Waals surface area contributed by atoms with Crippen molar-refractivity contribution in [3.05, 3.63) is 83.6 Å². The Balaban J connectivity index is 1.29. The van der Waals surface area contributed by atoms with Crippen molar-refractivity contribution in [2.75, 3.05) is 25.0 Å². The molecular formula is C36H37F2N7O. The SMILES string of the molecule is C/C=C\c1cnc(CNc2nc(OCC34CCCN3CCC4)nc3c(F)c(-c4cccc5cccc(F)c45)ncc23)nc1C(C)C. The molecular weight excluding hydrogens is 584 g/mol. The molecule has 2 saturated heterocycles. The Morgan fingerprint density at radius 1 is 1.00 bits per heavy atom. The molecule has 1 N–H and O–H groups in total. The monoisotopic (exact) mass is 621 g/mol. The van der Waals surface area contributed by atoms with Crippen molar-refractivity contribution in [2.45, 2.75) is 64.5 Å². The Kier molecular flexibility index (Phi) is 8.06. The van der Waals surface area contributed by atoms with Gasteiger partial charge in [0.1, 0.15) is 35.3 Å². The Morgan fingerprint density at radius 2 is 1.78 bits per heavy atom. The molecule has 0 spiro atoms. The second-order valence-electron chi connectivity index (χ2n) is 12.5. The van der Waals surface area contributed by atoms with Crippen LogP contribution in [0.2, 0.25) is 0 Å². The van der Waals surface area contributed by atoms with Crippen LogP contribution >= 0.6 is 0 Å². The molecule has 0 amide bonds. The van der Waals surface area contributed by atoms with Crippen molar-refractivity contribution in [3.8, 4) is 17.3 Å². The summed E-state index contributed by atoms with van der Waals surface area (Å²) in [5.74, 6) is 0.0321. The fourth-order valence-electron chi connectivity index (χ4n) is 7.04. The van der Waals surface area contributed by atoms with Crippen LogP contribution in [0.15, 0.2) is 54.9 Å². The lowest BCUT2D eigenvalue weighted by Gasteiger charge is -2.31. The van der Waals surface area contributed by atoms with Gasteiger partial charge in [0, 0.05) is 28.9 Å². The molecule has 10 heteroatoms. The van der Waals surface area contributed by atoms with Crippen molar-refractivity contribution in [1.29, 1.82) is 0 Å². The second-order valence-corrected chi connectivity index (χ2v) is 12.5. The summed E-state index contributed by atoms with van der Waals surface area (Å²) in [5, 5.41) is 4.65. The van der Waals surface area contributed by atoms with E-state index in [0.717, 1.165) is 50.0 Å². The third-order valence-corrected chi connectivity index (χ3v) is 9.26. The average molecular weight is 622 g/mol. The van der Waals surface area contributed by atoms with E-state index in [1.807, 2.05) is 25.3 Å². The van der Waals surface area contributed by atoms with Gasteiger partial charge in [0.15, 0.2) is 5.82 Å². The summed E-state index contributed by atoms with van der Waals surface area (Å²) < 4.78 is 37.9. The first-order valence-corrected chi connectivity index (χ1v) is 16.0. The molecule has 2 aliphatic heterocycles. The molecule has 5 heterocycles. The van der Waals surface area contributed by atoms with Crippen molar-refractivity contribution >= 4 is 33.6 Å². The fraction of sp³-hybridized carbons (Fsp3) is 0.361. The van der Waals surface area contributed by atoms with Crippen molar-refractivity contribution in [3.63, 3.8) is 0 Å². The Hall–Kier alpha value is -4.57. The number of aromatic nitrogens is 5. The smallest absolute Gasteiger partial charge is 0.319 e. The van der Waals surface area contributed by atoms with Crippen molar-refractivity contribution in [1.82, 2.24) is 29.8 Å². The van der Waals surface area contributed by atoms with Crippen LogP contribution in [0.25, 0.3) is 39.0 Å². The highest BCUT2D eigenvalue weighted by atomic mass is 19.1. The first-order chi connectivity index (χ1) is 22.4. The summed E-state index contributed by atoms with van der Waals surface area (Å²) in [4.78, 5) is 25.6. The van der Waals surface area contributed by atoms with E-state index in [-0.39, 0.29) is 35.2 Å². The van der Waals surface area contributed by atoms with E-state index in [9.17, 15) is 0 Å². The van der Waals surface area contributed by atoms with Crippen LogP contribution in [0.4, 0.5) is 14.6 Å². The van der Waals surface area contributed by atoms with E-state index < -0.39 is 11.6 Å². The van der Waals surface area contributed by atoms with Crippen molar-refractivity contribution < 1.29 is 13.5 Å². The number of pyridine rings is 1.